The van der Waals surface area contributed by atoms with Gasteiger partial charge in [-0.05, 0) is 36.4 Å². The van der Waals surface area contributed by atoms with Crippen LogP contribution in [0.15, 0.2) is 41.3 Å². The number of hydrogen-bond acceptors (Lipinski definition) is 7. The van der Waals surface area contributed by atoms with Crippen molar-refractivity contribution in [1.29, 1.82) is 0 Å². The van der Waals surface area contributed by atoms with Crippen molar-refractivity contribution in [1.82, 2.24) is 10.2 Å². The normalized spacial score (nSPS) is 11.0. The quantitative estimate of drug-likeness (QED) is 0.551. The van der Waals surface area contributed by atoms with Gasteiger partial charge in [0.25, 0.3) is 5.91 Å². The third-order valence-corrected chi connectivity index (χ3v) is 3.71. The predicted octanol–water partition coefficient (Wildman–Crippen LogP) is 0.418. The Morgan fingerprint density at radius 3 is 2.24 bits per heavy atom. The molecule has 0 spiro atoms. The van der Waals surface area contributed by atoms with Crippen LogP contribution in [0.2, 0.25) is 0 Å². The number of rotatable bonds is 4. The third kappa shape index (κ3) is 3.74. The molecule has 9 heteroatoms. The molecule has 21 heavy (non-hydrogen) atoms. The second-order valence-corrected chi connectivity index (χ2v) is 6.21. The van der Waals surface area contributed by atoms with Crippen LogP contribution >= 0.6 is 0 Å². The Labute approximate surface area is 121 Å². The van der Waals surface area contributed by atoms with E-state index in [2.05, 4.69) is 20.9 Å². The molecule has 0 aliphatic rings. The molecule has 0 bridgehead atoms. The Bertz CT molecular complexity index is 741. The van der Waals surface area contributed by atoms with Crippen LogP contribution in [0.25, 0.3) is 0 Å². The minimum Gasteiger partial charge on any atom is -0.321 e. The van der Waals surface area contributed by atoms with Gasteiger partial charge in [-0.25, -0.2) is 14.3 Å². The molecule has 2 rings (SSSR count). The van der Waals surface area contributed by atoms with Crippen LogP contribution in [0, 0.1) is 0 Å². The lowest BCUT2D eigenvalue weighted by Crippen LogP contribution is -2.16. The Morgan fingerprint density at radius 1 is 1.10 bits per heavy atom. The SMILES string of the molecule is CS(=O)(=O)c1ccc(NC(=O)c2ccc(NN)nn2)cc1. The zero-order chi connectivity index (χ0) is 15.5. The average Bonchev–Trinajstić information content (AvgIpc) is 2.47. The number of nitrogen functional groups attached to an aromatic ring is 1. The van der Waals surface area contributed by atoms with Crippen molar-refractivity contribution in [3.8, 4) is 0 Å². The predicted molar refractivity (Wildman–Crippen MR) is 77.3 cm³/mol. The maximum Gasteiger partial charge on any atom is 0.276 e. The van der Waals surface area contributed by atoms with E-state index in [-0.39, 0.29) is 10.6 Å². The summed E-state index contributed by atoms with van der Waals surface area (Å²) in [6.45, 7) is 0. The third-order valence-electron chi connectivity index (χ3n) is 2.59. The molecule has 0 aliphatic carbocycles. The van der Waals surface area contributed by atoms with E-state index in [1.165, 1.54) is 36.4 Å². The highest BCUT2D eigenvalue weighted by molar-refractivity contribution is 7.90. The zero-order valence-corrected chi connectivity index (χ0v) is 11.9. The van der Waals surface area contributed by atoms with E-state index < -0.39 is 15.7 Å². The number of sulfone groups is 1. The standard InChI is InChI=1S/C12H13N5O3S/c1-21(19,20)9-4-2-8(3-5-9)14-12(18)10-6-7-11(15-13)17-16-10/h2-7H,13H2,1H3,(H,14,18)(H,15,17). The van der Waals surface area contributed by atoms with Crippen molar-refractivity contribution in [3.63, 3.8) is 0 Å². The maximum atomic E-state index is 11.9. The number of anilines is 2. The lowest BCUT2D eigenvalue weighted by molar-refractivity contribution is 0.102. The Hall–Kier alpha value is -2.52. The lowest BCUT2D eigenvalue weighted by Gasteiger charge is -2.05. The van der Waals surface area contributed by atoms with Crippen LogP contribution in [0.3, 0.4) is 0 Å². The number of nitrogens with zero attached hydrogens (tertiary/aromatic N) is 2. The highest BCUT2D eigenvalue weighted by Gasteiger charge is 2.10. The fourth-order valence-electron chi connectivity index (χ4n) is 1.51. The Morgan fingerprint density at radius 2 is 1.76 bits per heavy atom. The summed E-state index contributed by atoms with van der Waals surface area (Å²) in [4.78, 5) is 12.1. The van der Waals surface area contributed by atoms with Crippen molar-refractivity contribution >= 4 is 27.2 Å². The number of hydrogen-bond donors (Lipinski definition) is 3. The first-order valence-corrected chi connectivity index (χ1v) is 7.71. The molecule has 0 radical (unpaired) electrons. The number of nitrogens with two attached hydrogens (primary N) is 1. The summed E-state index contributed by atoms with van der Waals surface area (Å²) in [5, 5.41) is 9.97. The van der Waals surface area contributed by atoms with Crippen molar-refractivity contribution in [3.05, 3.63) is 42.1 Å². The summed E-state index contributed by atoms with van der Waals surface area (Å²) in [7, 11) is -3.26. The topological polar surface area (TPSA) is 127 Å². The molecule has 110 valence electrons. The van der Waals surface area contributed by atoms with E-state index in [0.29, 0.717) is 11.5 Å². The van der Waals surface area contributed by atoms with Gasteiger partial charge in [0.1, 0.15) is 0 Å². The highest BCUT2D eigenvalue weighted by atomic mass is 32.2. The molecule has 8 nitrogen and oxygen atoms in total. The summed E-state index contributed by atoms with van der Waals surface area (Å²) in [6.07, 6.45) is 1.11. The van der Waals surface area contributed by atoms with Crippen LogP contribution in [0.4, 0.5) is 11.5 Å². The van der Waals surface area contributed by atoms with E-state index in [0.717, 1.165) is 6.26 Å². The van der Waals surface area contributed by atoms with E-state index in [1.54, 1.807) is 0 Å². The molecule has 2 aromatic rings. The van der Waals surface area contributed by atoms with Crippen LogP contribution in [0.5, 0.6) is 0 Å². The summed E-state index contributed by atoms with van der Waals surface area (Å²) >= 11 is 0. The van der Waals surface area contributed by atoms with Crippen molar-refractivity contribution in [2.24, 2.45) is 5.84 Å². The first-order chi connectivity index (χ1) is 9.90. The largest absolute Gasteiger partial charge is 0.321 e. The molecule has 0 aliphatic heterocycles. The van der Waals surface area contributed by atoms with Gasteiger partial charge in [0, 0.05) is 11.9 Å². The van der Waals surface area contributed by atoms with Crippen molar-refractivity contribution < 1.29 is 13.2 Å². The van der Waals surface area contributed by atoms with E-state index in [4.69, 9.17) is 5.84 Å². The summed E-state index contributed by atoms with van der Waals surface area (Å²) in [5.41, 5.74) is 2.87. The molecule has 1 aromatic heterocycles. The molecule has 4 N–H and O–H groups in total. The Balaban J connectivity index is 2.12. The lowest BCUT2D eigenvalue weighted by atomic mass is 10.3. The van der Waals surface area contributed by atoms with Gasteiger partial charge in [-0.2, -0.15) is 0 Å². The molecule has 1 aromatic carbocycles. The fraction of sp³-hybridized carbons (Fsp3) is 0.0833. The summed E-state index contributed by atoms with van der Waals surface area (Å²) in [6, 6.07) is 8.79. The molecule has 0 saturated carbocycles. The van der Waals surface area contributed by atoms with Gasteiger partial charge in [0.05, 0.1) is 4.90 Å². The van der Waals surface area contributed by atoms with Crippen LogP contribution < -0.4 is 16.6 Å². The van der Waals surface area contributed by atoms with E-state index in [9.17, 15) is 13.2 Å². The minimum absolute atomic E-state index is 0.112. The van der Waals surface area contributed by atoms with Crippen molar-refractivity contribution in [2.45, 2.75) is 4.90 Å². The summed E-state index contributed by atoms with van der Waals surface area (Å²) in [5.74, 6) is 5.02. The molecular formula is C12H13N5O3S. The number of hydrazine groups is 1. The molecule has 0 fully saturated rings. The van der Waals surface area contributed by atoms with Gasteiger partial charge in [0.2, 0.25) is 0 Å². The second kappa shape index (κ2) is 5.85. The van der Waals surface area contributed by atoms with Crippen LogP contribution in [0.1, 0.15) is 10.5 Å². The number of amides is 1. The Kier molecular flexibility index (Phi) is 4.15. The number of nitrogens with one attached hydrogen (secondary N) is 2. The fourth-order valence-corrected chi connectivity index (χ4v) is 2.14. The second-order valence-electron chi connectivity index (χ2n) is 4.20. The highest BCUT2D eigenvalue weighted by Crippen LogP contribution is 2.14. The van der Waals surface area contributed by atoms with Gasteiger partial charge in [-0.3, -0.25) is 4.79 Å². The first kappa shape index (κ1) is 14.9. The van der Waals surface area contributed by atoms with Gasteiger partial charge >= 0.3 is 0 Å². The van der Waals surface area contributed by atoms with Gasteiger partial charge < -0.3 is 10.7 Å². The van der Waals surface area contributed by atoms with Gasteiger partial charge in [0.15, 0.2) is 21.3 Å². The van der Waals surface area contributed by atoms with Gasteiger partial charge in [-0.15, -0.1) is 10.2 Å². The number of aromatic nitrogens is 2. The number of carbonyl (C=O) groups is 1. The molecule has 0 atom stereocenters. The van der Waals surface area contributed by atoms with E-state index in [1.807, 2.05) is 0 Å². The molecule has 0 saturated heterocycles. The minimum atomic E-state index is -3.26. The number of carbonyl (C=O) groups excluding carboxylic acids is 1. The monoisotopic (exact) mass is 307 g/mol. The zero-order valence-electron chi connectivity index (χ0n) is 11.1. The molecular weight excluding hydrogens is 294 g/mol. The molecule has 1 amide bonds. The molecule has 0 unspecified atom stereocenters. The first-order valence-electron chi connectivity index (χ1n) is 5.82. The average molecular weight is 307 g/mol. The smallest absolute Gasteiger partial charge is 0.276 e. The van der Waals surface area contributed by atoms with Crippen LogP contribution in [-0.4, -0.2) is 30.8 Å². The van der Waals surface area contributed by atoms with Gasteiger partial charge in [-0.1, -0.05) is 0 Å². The van der Waals surface area contributed by atoms with Crippen LogP contribution in [-0.2, 0) is 9.84 Å². The molecule has 1 heterocycles. The summed E-state index contributed by atoms with van der Waals surface area (Å²) < 4.78 is 22.7. The number of benzene rings is 1. The van der Waals surface area contributed by atoms with Crippen molar-refractivity contribution in [2.75, 3.05) is 17.0 Å². The van der Waals surface area contributed by atoms with E-state index >= 15 is 0 Å². The maximum absolute atomic E-state index is 11.9.